The van der Waals surface area contributed by atoms with E-state index in [0.29, 0.717) is 0 Å². The number of carbonyl (C=O) groups excluding carboxylic acids is 2. The van der Waals surface area contributed by atoms with Gasteiger partial charge in [-0.25, -0.2) is 17.7 Å². The van der Waals surface area contributed by atoms with E-state index in [1.54, 1.807) is 23.6 Å². The maximum absolute atomic E-state index is 13.3. The number of imide groups is 1. The number of anilines is 1. The molecule has 150 valence electrons. The summed E-state index contributed by atoms with van der Waals surface area (Å²) in [4.78, 5) is 27.4. The van der Waals surface area contributed by atoms with E-state index in [9.17, 15) is 22.4 Å². The van der Waals surface area contributed by atoms with Crippen molar-refractivity contribution in [1.82, 2.24) is 4.31 Å². The van der Waals surface area contributed by atoms with E-state index in [4.69, 9.17) is 0 Å². The molecule has 1 saturated heterocycles. The Morgan fingerprint density at radius 1 is 1.03 bits per heavy atom. The van der Waals surface area contributed by atoms with E-state index in [-0.39, 0.29) is 22.9 Å². The minimum absolute atomic E-state index is 0.0150. The molecule has 1 fully saturated rings. The van der Waals surface area contributed by atoms with Gasteiger partial charge in [-0.2, -0.15) is 4.31 Å². The van der Waals surface area contributed by atoms with E-state index < -0.39 is 33.7 Å². The van der Waals surface area contributed by atoms with Gasteiger partial charge in [0, 0.05) is 11.4 Å². The highest BCUT2D eigenvalue weighted by Gasteiger charge is 2.47. The zero-order valence-electron chi connectivity index (χ0n) is 14.9. The first-order valence-electron chi connectivity index (χ1n) is 8.58. The summed E-state index contributed by atoms with van der Waals surface area (Å²) in [5.41, 5.74) is 0.216. The number of thiophene rings is 2. The van der Waals surface area contributed by atoms with Crippen molar-refractivity contribution in [3.05, 3.63) is 70.0 Å². The highest BCUT2D eigenvalue weighted by atomic mass is 32.2. The molecule has 2 amide bonds. The van der Waals surface area contributed by atoms with Crippen molar-refractivity contribution in [2.24, 2.45) is 0 Å². The molecule has 1 unspecified atom stereocenters. The Morgan fingerprint density at radius 2 is 1.72 bits per heavy atom. The van der Waals surface area contributed by atoms with Crippen molar-refractivity contribution in [2.45, 2.75) is 23.2 Å². The van der Waals surface area contributed by atoms with Gasteiger partial charge < -0.3 is 0 Å². The number of amides is 2. The molecule has 2 aromatic heterocycles. The van der Waals surface area contributed by atoms with Gasteiger partial charge in [0.15, 0.2) is 0 Å². The van der Waals surface area contributed by atoms with Crippen LogP contribution in [-0.4, -0.2) is 30.6 Å². The van der Waals surface area contributed by atoms with Crippen LogP contribution in [0.25, 0.3) is 0 Å². The average molecular weight is 451 g/mol. The standard InChI is InChI=1S/C19H15FN2O4S3/c20-13-5-7-14(8-6-13)22-17(23)11-16(19(22)24)21(12-15-3-1-9-27-15)29(25,26)18-4-2-10-28-18/h1-10,16H,11-12H2. The summed E-state index contributed by atoms with van der Waals surface area (Å²) >= 11 is 2.42. The maximum atomic E-state index is 13.3. The summed E-state index contributed by atoms with van der Waals surface area (Å²) in [5, 5.41) is 3.46. The summed E-state index contributed by atoms with van der Waals surface area (Å²) in [6, 6.07) is 10.4. The summed E-state index contributed by atoms with van der Waals surface area (Å²) in [5.74, 6) is -1.66. The summed E-state index contributed by atoms with van der Waals surface area (Å²) < 4.78 is 40.9. The van der Waals surface area contributed by atoms with Gasteiger partial charge >= 0.3 is 0 Å². The molecule has 0 N–H and O–H groups in total. The Morgan fingerprint density at radius 3 is 2.34 bits per heavy atom. The van der Waals surface area contributed by atoms with Crippen LogP contribution in [0.1, 0.15) is 11.3 Å². The summed E-state index contributed by atoms with van der Waals surface area (Å²) in [6.07, 6.45) is -0.272. The molecule has 29 heavy (non-hydrogen) atoms. The maximum Gasteiger partial charge on any atom is 0.253 e. The molecule has 0 aliphatic carbocycles. The number of benzene rings is 1. The fraction of sp³-hybridized carbons (Fsp3) is 0.158. The van der Waals surface area contributed by atoms with Crippen LogP contribution in [0.15, 0.2) is 63.5 Å². The number of nitrogens with zero attached hydrogens (tertiary/aromatic N) is 2. The van der Waals surface area contributed by atoms with Crippen LogP contribution in [-0.2, 0) is 26.2 Å². The van der Waals surface area contributed by atoms with E-state index in [0.717, 1.165) is 37.6 Å². The first-order valence-corrected chi connectivity index (χ1v) is 11.8. The molecule has 3 aromatic rings. The van der Waals surface area contributed by atoms with E-state index >= 15 is 0 Å². The minimum atomic E-state index is -3.99. The second-order valence-corrected chi connectivity index (χ2v) is 10.4. The lowest BCUT2D eigenvalue weighted by Gasteiger charge is -2.25. The van der Waals surface area contributed by atoms with Gasteiger partial charge in [-0.1, -0.05) is 12.1 Å². The molecule has 4 rings (SSSR count). The SMILES string of the molecule is O=C1CC(N(Cc2cccs2)S(=O)(=O)c2cccs2)C(=O)N1c1ccc(F)cc1. The van der Waals surface area contributed by atoms with Gasteiger partial charge in [0.1, 0.15) is 16.1 Å². The number of halogens is 1. The molecule has 0 spiro atoms. The minimum Gasteiger partial charge on any atom is -0.274 e. The normalized spacial score (nSPS) is 17.4. The molecule has 0 radical (unpaired) electrons. The molecular weight excluding hydrogens is 435 g/mol. The van der Waals surface area contributed by atoms with Gasteiger partial charge in [0.25, 0.3) is 15.9 Å². The second kappa shape index (κ2) is 7.79. The first kappa shape index (κ1) is 19.9. The molecule has 1 aliphatic rings. The van der Waals surface area contributed by atoms with Crippen LogP contribution in [0.2, 0.25) is 0 Å². The highest BCUT2D eigenvalue weighted by molar-refractivity contribution is 7.91. The lowest BCUT2D eigenvalue weighted by Crippen LogP contribution is -2.44. The van der Waals surface area contributed by atoms with Gasteiger partial charge in [0.2, 0.25) is 5.91 Å². The Kier molecular flexibility index (Phi) is 5.34. The van der Waals surface area contributed by atoms with Gasteiger partial charge in [0.05, 0.1) is 12.1 Å². The zero-order valence-corrected chi connectivity index (χ0v) is 17.3. The Bertz CT molecular complexity index is 1130. The highest BCUT2D eigenvalue weighted by Crippen LogP contribution is 2.32. The van der Waals surface area contributed by atoms with Gasteiger partial charge in [-0.05, 0) is 47.2 Å². The van der Waals surface area contributed by atoms with Gasteiger partial charge in [-0.15, -0.1) is 22.7 Å². The average Bonchev–Trinajstić information content (AvgIpc) is 3.43. The quantitative estimate of drug-likeness (QED) is 0.539. The predicted molar refractivity (Wildman–Crippen MR) is 109 cm³/mol. The molecule has 1 aromatic carbocycles. The monoisotopic (exact) mass is 450 g/mol. The van der Waals surface area contributed by atoms with Crippen molar-refractivity contribution in [2.75, 3.05) is 4.90 Å². The van der Waals surface area contributed by atoms with E-state index in [1.165, 1.54) is 29.5 Å². The van der Waals surface area contributed by atoms with Crippen LogP contribution in [0.5, 0.6) is 0 Å². The number of sulfonamides is 1. The summed E-state index contributed by atoms with van der Waals surface area (Å²) in [7, 11) is -3.99. The molecule has 1 aliphatic heterocycles. The zero-order chi connectivity index (χ0) is 20.6. The van der Waals surface area contributed by atoms with Crippen molar-refractivity contribution >= 4 is 50.2 Å². The fourth-order valence-corrected chi connectivity index (χ4v) is 6.61. The molecule has 10 heteroatoms. The van der Waals surface area contributed by atoms with Crippen LogP contribution in [0.3, 0.4) is 0 Å². The number of rotatable bonds is 6. The van der Waals surface area contributed by atoms with Crippen LogP contribution >= 0.6 is 22.7 Å². The smallest absolute Gasteiger partial charge is 0.253 e. The molecule has 0 saturated carbocycles. The third kappa shape index (κ3) is 3.76. The van der Waals surface area contributed by atoms with Crippen molar-refractivity contribution in [3.8, 4) is 0 Å². The lowest BCUT2D eigenvalue weighted by molar-refractivity contribution is -0.122. The Balaban J connectivity index is 1.72. The number of hydrogen-bond donors (Lipinski definition) is 0. The number of carbonyl (C=O) groups is 2. The molecule has 6 nitrogen and oxygen atoms in total. The Hall–Kier alpha value is -2.40. The molecule has 0 bridgehead atoms. The van der Waals surface area contributed by atoms with Crippen LogP contribution in [0, 0.1) is 5.82 Å². The number of hydrogen-bond acceptors (Lipinski definition) is 6. The topological polar surface area (TPSA) is 74.8 Å². The van der Waals surface area contributed by atoms with Crippen LogP contribution in [0.4, 0.5) is 10.1 Å². The molecule has 1 atom stereocenters. The third-order valence-corrected chi connectivity index (χ3v) is 8.59. The fourth-order valence-electron chi connectivity index (χ4n) is 3.15. The van der Waals surface area contributed by atoms with Crippen LogP contribution < -0.4 is 4.90 Å². The largest absolute Gasteiger partial charge is 0.274 e. The predicted octanol–water partition coefficient (Wildman–Crippen LogP) is 3.47. The third-order valence-electron chi connectivity index (χ3n) is 4.51. The van der Waals surface area contributed by atoms with E-state index in [2.05, 4.69) is 0 Å². The first-order chi connectivity index (χ1) is 13.9. The molecular formula is C19H15FN2O4S3. The van der Waals surface area contributed by atoms with Crippen molar-refractivity contribution in [1.29, 1.82) is 0 Å². The molecule has 3 heterocycles. The Labute approximate surface area is 174 Å². The van der Waals surface area contributed by atoms with Gasteiger partial charge in [-0.3, -0.25) is 9.59 Å². The lowest BCUT2D eigenvalue weighted by atomic mass is 10.2. The van der Waals surface area contributed by atoms with Crippen molar-refractivity contribution < 1.29 is 22.4 Å². The second-order valence-electron chi connectivity index (χ2n) is 6.33. The summed E-state index contributed by atoms with van der Waals surface area (Å²) in [6.45, 7) is -0.0150. The van der Waals surface area contributed by atoms with E-state index in [1.807, 2.05) is 5.38 Å². The van der Waals surface area contributed by atoms with Crippen molar-refractivity contribution in [3.63, 3.8) is 0 Å².